The van der Waals surface area contributed by atoms with Crippen molar-refractivity contribution in [2.75, 3.05) is 11.9 Å². The van der Waals surface area contributed by atoms with Crippen molar-refractivity contribution in [1.29, 1.82) is 0 Å². The van der Waals surface area contributed by atoms with Crippen LogP contribution in [0.1, 0.15) is 23.2 Å². The standard InChI is InChI=1S/C17H14F4N2O2/c18-10-3-4-14(15(21)9-10)17(25)22-5-1-2-16(24)23-13-7-11(19)6-12(20)8-13/h3-4,6-9H,1-2,5H2,(H,22,25)(H,23,24). The Morgan fingerprint density at radius 2 is 1.56 bits per heavy atom. The average Bonchev–Trinajstić information content (AvgIpc) is 2.50. The van der Waals surface area contributed by atoms with Gasteiger partial charge in [0.1, 0.15) is 23.3 Å². The van der Waals surface area contributed by atoms with Crippen molar-refractivity contribution in [2.24, 2.45) is 0 Å². The molecule has 0 saturated heterocycles. The quantitative estimate of drug-likeness (QED) is 0.617. The predicted octanol–water partition coefficient (Wildman–Crippen LogP) is 3.39. The molecule has 0 fully saturated rings. The van der Waals surface area contributed by atoms with Gasteiger partial charge in [-0.3, -0.25) is 9.59 Å². The third-order valence-corrected chi connectivity index (χ3v) is 3.19. The number of amides is 2. The van der Waals surface area contributed by atoms with Crippen molar-refractivity contribution >= 4 is 17.5 Å². The second kappa shape index (κ2) is 8.27. The molecule has 132 valence electrons. The van der Waals surface area contributed by atoms with Gasteiger partial charge in [-0.2, -0.15) is 0 Å². The summed E-state index contributed by atoms with van der Waals surface area (Å²) in [5.74, 6) is -4.63. The molecule has 0 heterocycles. The molecule has 0 aliphatic carbocycles. The molecule has 0 aromatic heterocycles. The Hall–Kier alpha value is -2.90. The van der Waals surface area contributed by atoms with Gasteiger partial charge in [-0.05, 0) is 30.7 Å². The van der Waals surface area contributed by atoms with E-state index < -0.39 is 35.1 Å². The van der Waals surface area contributed by atoms with Gasteiger partial charge in [0, 0.05) is 30.8 Å². The number of carbonyl (C=O) groups is 2. The van der Waals surface area contributed by atoms with Crippen LogP contribution in [-0.2, 0) is 4.79 Å². The van der Waals surface area contributed by atoms with Crippen LogP contribution in [0.15, 0.2) is 36.4 Å². The fourth-order valence-corrected chi connectivity index (χ4v) is 2.07. The van der Waals surface area contributed by atoms with E-state index in [1.54, 1.807) is 0 Å². The third kappa shape index (κ3) is 5.59. The van der Waals surface area contributed by atoms with Gasteiger partial charge in [-0.15, -0.1) is 0 Å². The highest BCUT2D eigenvalue weighted by atomic mass is 19.1. The lowest BCUT2D eigenvalue weighted by Crippen LogP contribution is -2.26. The SMILES string of the molecule is O=C(CCCNC(=O)c1ccc(F)cc1F)Nc1cc(F)cc(F)c1. The number of rotatable bonds is 6. The van der Waals surface area contributed by atoms with Crippen LogP contribution in [0.4, 0.5) is 23.2 Å². The number of hydrogen-bond acceptors (Lipinski definition) is 2. The number of benzene rings is 2. The first-order valence-corrected chi connectivity index (χ1v) is 7.34. The largest absolute Gasteiger partial charge is 0.352 e. The van der Waals surface area contributed by atoms with Crippen molar-refractivity contribution in [1.82, 2.24) is 5.32 Å². The summed E-state index contributed by atoms with van der Waals surface area (Å²) in [6.07, 6.45) is 0.197. The normalized spacial score (nSPS) is 10.4. The van der Waals surface area contributed by atoms with Gasteiger partial charge in [0.2, 0.25) is 5.91 Å². The lowest BCUT2D eigenvalue weighted by Gasteiger charge is -2.07. The highest BCUT2D eigenvalue weighted by Crippen LogP contribution is 2.13. The van der Waals surface area contributed by atoms with Crippen LogP contribution in [0.3, 0.4) is 0 Å². The first-order chi connectivity index (χ1) is 11.8. The van der Waals surface area contributed by atoms with E-state index in [1.165, 1.54) is 0 Å². The summed E-state index contributed by atoms with van der Waals surface area (Å²) in [7, 11) is 0. The first kappa shape index (κ1) is 18.4. The molecule has 0 aliphatic rings. The third-order valence-electron chi connectivity index (χ3n) is 3.19. The monoisotopic (exact) mass is 354 g/mol. The van der Waals surface area contributed by atoms with Crippen molar-refractivity contribution < 1.29 is 27.2 Å². The number of hydrogen-bond donors (Lipinski definition) is 2. The Balaban J connectivity index is 1.76. The van der Waals surface area contributed by atoms with Gasteiger partial charge in [0.15, 0.2) is 0 Å². The Morgan fingerprint density at radius 3 is 2.20 bits per heavy atom. The van der Waals surface area contributed by atoms with E-state index in [1.807, 2.05) is 0 Å². The summed E-state index contributed by atoms with van der Waals surface area (Å²) in [5.41, 5.74) is -0.319. The van der Waals surface area contributed by atoms with E-state index in [0.717, 1.165) is 24.3 Å². The number of nitrogens with one attached hydrogen (secondary N) is 2. The minimum atomic E-state index is -0.983. The molecule has 0 bridgehead atoms. The Labute approximate surface area is 140 Å². The molecule has 8 heteroatoms. The minimum Gasteiger partial charge on any atom is -0.352 e. The van der Waals surface area contributed by atoms with Gasteiger partial charge < -0.3 is 10.6 Å². The van der Waals surface area contributed by atoms with Gasteiger partial charge >= 0.3 is 0 Å². The minimum absolute atomic E-state index is 0.0140. The highest BCUT2D eigenvalue weighted by Gasteiger charge is 2.12. The number of halogens is 4. The zero-order chi connectivity index (χ0) is 18.4. The molecule has 2 aromatic carbocycles. The molecule has 2 amide bonds. The summed E-state index contributed by atoms with van der Waals surface area (Å²) in [6.45, 7) is 0.0700. The van der Waals surface area contributed by atoms with Crippen LogP contribution in [0.5, 0.6) is 0 Å². The maximum atomic E-state index is 13.4. The maximum Gasteiger partial charge on any atom is 0.254 e. The molecule has 0 radical (unpaired) electrons. The zero-order valence-electron chi connectivity index (χ0n) is 12.9. The summed E-state index contributed by atoms with van der Waals surface area (Å²) in [4.78, 5) is 23.4. The van der Waals surface area contributed by atoms with Crippen molar-refractivity contribution in [3.8, 4) is 0 Å². The molecular formula is C17H14F4N2O2. The average molecular weight is 354 g/mol. The van der Waals surface area contributed by atoms with Crippen LogP contribution < -0.4 is 10.6 Å². The van der Waals surface area contributed by atoms with E-state index in [-0.39, 0.29) is 30.6 Å². The summed E-state index contributed by atoms with van der Waals surface area (Å²) < 4.78 is 52.2. The van der Waals surface area contributed by atoms with Crippen LogP contribution in [0.25, 0.3) is 0 Å². The van der Waals surface area contributed by atoms with Gasteiger partial charge in [0.25, 0.3) is 5.91 Å². The number of carbonyl (C=O) groups excluding carboxylic acids is 2. The van der Waals surface area contributed by atoms with E-state index in [4.69, 9.17) is 0 Å². The summed E-state index contributed by atoms with van der Waals surface area (Å²) >= 11 is 0. The van der Waals surface area contributed by atoms with E-state index in [2.05, 4.69) is 10.6 Å². The Bertz CT molecular complexity index is 776. The van der Waals surface area contributed by atoms with Crippen LogP contribution in [0.2, 0.25) is 0 Å². The van der Waals surface area contributed by atoms with Crippen LogP contribution in [-0.4, -0.2) is 18.4 Å². The maximum absolute atomic E-state index is 13.4. The van der Waals surface area contributed by atoms with Crippen LogP contribution in [0, 0.1) is 23.3 Å². The zero-order valence-corrected chi connectivity index (χ0v) is 12.9. The summed E-state index contributed by atoms with van der Waals surface area (Å²) in [5, 5.41) is 4.72. The lowest BCUT2D eigenvalue weighted by atomic mass is 10.2. The summed E-state index contributed by atoms with van der Waals surface area (Å²) in [6, 6.07) is 5.20. The lowest BCUT2D eigenvalue weighted by molar-refractivity contribution is -0.116. The molecule has 2 rings (SSSR count). The van der Waals surface area contributed by atoms with Crippen molar-refractivity contribution in [2.45, 2.75) is 12.8 Å². The topological polar surface area (TPSA) is 58.2 Å². The molecule has 0 aliphatic heterocycles. The highest BCUT2D eigenvalue weighted by molar-refractivity contribution is 5.94. The molecule has 0 spiro atoms. The molecule has 0 saturated carbocycles. The first-order valence-electron chi connectivity index (χ1n) is 7.34. The van der Waals surface area contributed by atoms with Gasteiger partial charge in [-0.1, -0.05) is 0 Å². The van der Waals surface area contributed by atoms with Crippen molar-refractivity contribution in [3.05, 3.63) is 65.2 Å². The predicted molar refractivity (Wildman–Crippen MR) is 82.9 cm³/mol. The molecule has 0 atom stereocenters. The van der Waals surface area contributed by atoms with Gasteiger partial charge in [0.05, 0.1) is 5.56 Å². The smallest absolute Gasteiger partial charge is 0.254 e. The second-order valence-electron chi connectivity index (χ2n) is 5.19. The number of anilines is 1. The molecule has 2 aromatic rings. The molecule has 2 N–H and O–H groups in total. The van der Waals surface area contributed by atoms with E-state index in [9.17, 15) is 27.2 Å². The fourth-order valence-electron chi connectivity index (χ4n) is 2.07. The molecule has 25 heavy (non-hydrogen) atoms. The van der Waals surface area contributed by atoms with Crippen LogP contribution >= 0.6 is 0 Å². The Kier molecular flexibility index (Phi) is 6.10. The molecule has 0 unspecified atom stereocenters. The second-order valence-corrected chi connectivity index (χ2v) is 5.19. The van der Waals surface area contributed by atoms with E-state index in [0.29, 0.717) is 12.1 Å². The van der Waals surface area contributed by atoms with Crippen molar-refractivity contribution in [3.63, 3.8) is 0 Å². The molecular weight excluding hydrogens is 340 g/mol. The fraction of sp³-hybridized carbons (Fsp3) is 0.176. The Morgan fingerprint density at radius 1 is 0.880 bits per heavy atom. The van der Waals surface area contributed by atoms with Gasteiger partial charge in [-0.25, -0.2) is 17.6 Å². The molecule has 4 nitrogen and oxygen atoms in total. The van der Waals surface area contributed by atoms with E-state index >= 15 is 0 Å².